The summed E-state index contributed by atoms with van der Waals surface area (Å²) in [5, 5.41) is 8.54. The predicted octanol–water partition coefficient (Wildman–Crippen LogP) is 5.97. The molecule has 5 rings (SSSR count). The molecule has 0 radical (unpaired) electrons. The van der Waals surface area contributed by atoms with Crippen molar-refractivity contribution < 1.29 is 4.79 Å². The lowest BCUT2D eigenvalue weighted by molar-refractivity contribution is 0.102. The fourth-order valence-electron chi connectivity index (χ4n) is 3.41. The lowest BCUT2D eigenvalue weighted by Crippen LogP contribution is -2.12. The van der Waals surface area contributed by atoms with Gasteiger partial charge in [0.05, 0.1) is 11.4 Å². The minimum Gasteiger partial charge on any atom is -0.340 e. The Labute approximate surface area is 200 Å². The number of benzene rings is 2. The first-order chi connectivity index (χ1) is 16.6. The Bertz CT molecular complexity index is 1440. The van der Waals surface area contributed by atoms with E-state index in [1.165, 1.54) is 11.3 Å². The van der Waals surface area contributed by atoms with E-state index in [2.05, 4.69) is 30.6 Å². The van der Waals surface area contributed by atoms with Crippen LogP contribution in [-0.2, 0) is 0 Å². The summed E-state index contributed by atoms with van der Waals surface area (Å²) < 4.78 is 0. The molecule has 0 atom stereocenters. The van der Waals surface area contributed by atoms with Gasteiger partial charge in [0, 0.05) is 34.5 Å². The van der Waals surface area contributed by atoms with Gasteiger partial charge in [-0.25, -0.2) is 15.0 Å². The second-order valence-electron chi connectivity index (χ2n) is 7.46. The molecular formula is C26H20N6OS. The topological polar surface area (TPSA) is 92.7 Å². The molecule has 0 aliphatic heterocycles. The molecule has 0 unspecified atom stereocenters. The fourth-order valence-corrected chi connectivity index (χ4v) is 4.11. The van der Waals surface area contributed by atoms with Gasteiger partial charge in [0.25, 0.3) is 5.91 Å². The molecule has 0 saturated heterocycles. The average molecular weight is 465 g/mol. The predicted molar refractivity (Wildman–Crippen MR) is 135 cm³/mol. The molecule has 0 aliphatic rings. The van der Waals surface area contributed by atoms with Gasteiger partial charge in [-0.3, -0.25) is 15.1 Å². The van der Waals surface area contributed by atoms with E-state index in [0.717, 1.165) is 28.3 Å². The highest BCUT2D eigenvalue weighted by atomic mass is 32.1. The Morgan fingerprint density at radius 1 is 0.824 bits per heavy atom. The Balaban J connectivity index is 1.32. The van der Waals surface area contributed by atoms with E-state index >= 15 is 0 Å². The summed E-state index contributed by atoms with van der Waals surface area (Å²) in [7, 11) is 0. The van der Waals surface area contributed by atoms with Crippen molar-refractivity contribution in [2.24, 2.45) is 0 Å². The minimum atomic E-state index is -0.241. The summed E-state index contributed by atoms with van der Waals surface area (Å²) in [5.74, 6) is 1.07. The second kappa shape index (κ2) is 9.60. The Morgan fingerprint density at radius 2 is 1.68 bits per heavy atom. The number of nitrogens with zero attached hydrogens (tertiary/aromatic N) is 4. The van der Waals surface area contributed by atoms with Crippen molar-refractivity contribution >= 4 is 33.9 Å². The Morgan fingerprint density at radius 3 is 2.50 bits per heavy atom. The molecule has 7 nitrogen and oxygen atoms in total. The summed E-state index contributed by atoms with van der Waals surface area (Å²) in [6.45, 7) is 1.86. The molecule has 5 aromatic rings. The SMILES string of the molecule is Cc1nc(Nc2cccc(C(=O)Nc3nc(-c4ccccn4)cs3)c2)cc(-c2ccccc2)n1. The maximum absolute atomic E-state index is 12.8. The molecule has 1 amide bonds. The molecule has 0 fully saturated rings. The van der Waals surface area contributed by atoms with Crippen molar-refractivity contribution in [3.05, 3.63) is 102 Å². The molecule has 2 N–H and O–H groups in total. The van der Waals surface area contributed by atoms with E-state index in [1.54, 1.807) is 18.3 Å². The monoisotopic (exact) mass is 464 g/mol. The van der Waals surface area contributed by atoms with Gasteiger partial charge in [-0.05, 0) is 37.3 Å². The van der Waals surface area contributed by atoms with E-state index < -0.39 is 0 Å². The zero-order chi connectivity index (χ0) is 23.3. The minimum absolute atomic E-state index is 0.241. The lowest BCUT2D eigenvalue weighted by Gasteiger charge is -2.10. The molecule has 0 spiro atoms. The molecule has 3 aromatic heterocycles. The first kappa shape index (κ1) is 21.4. The molecule has 0 aliphatic carbocycles. The standard InChI is InChI=1S/C26H20N6OS/c1-17-28-22(18-8-3-2-4-9-18)15-24(29-17)30-20-11-7-10-19(14-20)25(33)32-26-31-23(16-34-26)21-12-5-6-13-27-21/h2-16H,1H3,(H,28,29,30)(H,31,32,33). The Kier molecular flexibility index (Phi) is 6.05. The number of hydrogen-bond acceptors (Lipinski definition) is 7. The van der Waals surface area contributed by atoms with Crippen LogP contribution in [0.2, 0.25) is 0 Å². The molecule has 3 heterocycles. The number of thiazole rings is 1. The van der Waals surface area contributed by atoms with E-state index in [1.807, 2.05) is 79.0 Å². The van der Waals surface area contributed by atoms with Crippen LogP contribution < -0.4 is 10.6 Å². The smallest absolute Gasteiger partial charge is 0.257 e. The van der Waals surface area contributed by atoms with E-state index in [4.69, 9.17) is 0 Å². The third-order valence-electron chi connectivity index (χ3n) is 4.96. The van der Waals surface area contributed by atoms with E-state index in [9.17, 15) is 4.79 Å². The second-order valence-corrected chi connectivity index (χ2v) is 8.32. The van der Waals surface area contributed by atoms with Gasteiger partial charge in [-0.15, -0.1) is 11.3 Å². The highest BCUT2D eigenvalue weighted by molar-refractivity contribution is 7.14. The van der Waals surface area contributed by atoms with Crippen LogP contribution in [0.3, 0.4) is 0 Å². The first-order valence-electron chi connectivity index (χ1n) is 10.6. The lowest BCUT2D eigenvalue weighted by atomic mass is 10.1. The van der Waals surface area contributed by atoms with Crippen LogP contribution in [0.5, 0.6) is 0 Å². The van der Waals surface area contributed by atoms with Crippen LogP contribution in [0.4, 0.5) is 16.6 Å². The summed E-state index contributed by atoms with van der Waals surface area (Å²) in [4.78, 5) is 30.6. The zero-order valence-electron chi connectivity index (χ0n) is 18.3. The number of amides is 1. The maximum atomic E-state index is 12.8. The third-order valence-corrected chi connectivity index (χ3v) is 5.71. The zero-order valence-corrected chi connectivity index (χ0v) is 19.1. The highest BCUT2D eigenvalue weighted by Crippen LogP contribution is 2.25. The van der Waals surface area contributed by atoms with Crippen molar-refractivity contribution in [3.8, 4) is 22.6 Å². The van der Waals surface area contributed by atoms with Crippen LogP contribution in [-0.4, -0.2) is 25.8 Å². The number of carbonyl (C=O) groups is 1. The molecule has 0 saturated carbocycles. The number of pyridine rings is 1. The quantitative estimate of drug-likeness (QED) is 0.322. The van der Waals surface area contributed by atoms with Crippen molar-refractivity contribution in [2.75, 3.05) is 10.6 Å². The molecule has 0 bridgehead atoms. The molecule has 2 aromatic carbocycles. The summed E-state index contributed by atoms with van der Waals surface area (Å²) in [6, 6.07) is 24.7. The highest BCUT2D eigenvalue weighted by Gasteiger charge is 2.12. The van der Waals surface area contributed by atoms with Crippen molar-refractivity contribution in [1.29, 1.82) is 0 Å². The largest absolute Gasteiger partial charge is 0.340 e. The van der Waals surface area contributed by atoms with Gasteiger partial charge in [-0.2, -0.15) is 0 Å². The first-order valence-corrected chi connectivity index (χ1v) is 11.5. The number of aryl methyl sites for hydroxylation is 1. The molecule has 8 heteroatoms. The van der Waals surface area contributed by atoms with Gasteiger partial charge >= 0.3 is 0 Å². The van der Waals surface area contributed by atoms with Crippen LogP contribution in [0.1, 0.15) is 16.2 Å². The van der Waals surface area contributed by atoms with E-state index in [0.29, 0.717) is 22.3 Å². The number of carbonyl (C=O) groups excluding carboxylic acids is 1. The summed E-state index contributed by atoms with van der Waals surface area (Å²) in [6.07, 6.45) is 1.72. The van der Waals surface area contributed by atoms with E-state index in [-0.39, 0.29) is 5.91 Å². The molecular weight excluding hydrogens is 444 g/mol. The summed E-state index contributed by atoms with van der Waals surface area (Å²) >= 11 is 1.36. The van der Waals surface area contributed by atoms with Crippen LogP contribution in [0.25, 0.3) is 22.6 Å². The van der Waals surface area contributed by atoms with Gasteiger partial charge in [-0.1, -0.05) is 42.5 Å². The summed E-state index contributed by atoms with van der Waals surface area (Å²) in [5.41, 5.74) is 4.59. The van der Waals surface area contributed by atoms with Crippen molar-refractivity contribution in [3.63, 3.8) is 0 Å². The number of hydrogen-bond donors (Lipinski definition) is 2. The van der Waals surface area contributed by atoms with Crippen molar-refractivity contribution in [2.45, 2.75) is 6.92 Å². The molecule has 166 valence electrons. The number of aromatic nitrogens is 4. The number of anilines is 3. The van der Waals surface area contributed by atoms with Gasteiger partial charge < -0.3 is 5.32 Å². The normalized spacial score (nSPS) is 10.6. The number of nitrogens with one attached hydrogen (secondary N) is 2. The maximum Gasteiger partial charge on any atom is 0.257 e. The number of rotatable bonds is 6. The average Bonchev–Trinajstić information content (AvgIpc) is 3.33. The fraction of sp³-hybridized carbons (Fsp3) is 0.0385. The Hall–Kier alpha value is -4.43. The van der Waals surface area contributed by atoms with Gasteiger partial charge in [0.2, 0.25) is 0 Å². The van der Waals surface area contributed by atoms with Crippen LogP contribution >= 0.6 is 11.3 Å². The van der Waals surface area contributed by atoms with Crippen LogP contribution in [0, 0.1) is 6.92 Å². The van der Waals surface area contributed by atoms with Crippen molar-refractivity contribution in [1.82, 2.24) is 19.9 Å². The van der Waals surface area contributed by atoms with Crippen LogP contribution in [0.15, 0.2) is 90.4 Å². The third kappa shape index (κ3) is 4.97. The van der Waals surface area contributed by atoms with Gasteiger partial charge in [0.15, 0.2) is 5.13 Å². The van der Waals surface area contributed by atoms with Gasteiger partial charge in [0.1, 0.15) is 17.3 Å². The molecule has 34 heavy (non-hydrogen) atoms.